The topological polar surface area (TPSA) is 8.17 Å². The number of hydrogen-bond donors (Lipinski definition) is 0. The third-order valence-corrected chi connectivity index (χ3v) is 4.08. The molecule has 2 nitrogen and oxygen atoms in total. The zero-order valence-corrected chi connectivity index (χ0v) is 10.7. The summed E-state index contributed by atoms with van der Waals surface area (Å²) in [6.07, 6.45) is 2.68. The summed E-state index contributed by atoms with van der Waals surface area (Å²) in [5.41, 5.74) is 2.76. The molecule has 0 unspecified atom stereocenters. The van der Waals surface area contributed by atoms with E-state index in [1.54, 1.807) is 0 Å². The summed E-state index contributed by atoms with van der Waals surface area (Å²) in [5.74, 6) is 0. The molecule has 0 N–H and O–H groups in total. The van der Waals surface area contributed by atoms with Crippen molar-refractivity contribution < 1.29 is 0 Å². The van der Waals surface area contributed by atoms with Crippen molar-refractivity contribution in [1.82, 2.24) is 9.47 Å². The van der Waals surface area contributed by atoms with Gasteiger partial charge in [-0.25, -0.2) is 0 Å². The Morgan fingerprint density at radius 1 is 1.29 bits per heavy atom. The highest BCUT2D eigenvalue weighted by Gasteiger charge is 2.22. The average Bonchev–Trinajstić information content (AvgIpc) is 2.85. The molecule has 0 saturated carbocycles. The van der Waals surface area contributed by atoms with Crippen molar-refractivity contribution in [3.8, 4) is 0 Å². The maximum atomic E-state index is 2.49. The van der Waals surface area contributed by atoms with Crippen LogP contribution in [0.1, 0.15) is 18.5 Å². The molecule has 1 atom stereocenters. The molecule has 1 aromatic heterocycles. The van der Waals surface area contributed by atoms with Crippen LogP contribution in [0.4, 0.5) is 0 Å². The molecule has 2 heteroatoms. The molecule has 0 amide bonds. The third kappa shape index (κ3) is 1.87. The van der Waals surface area contributed by atoms with E-state index in [2.05, 4.69) is 53.8 Å². The monoisotopic (exact) mass is 228 g/mol. The van der Waals surface area contributed by atoms with Crippen LogP contribution in [0.3, 0.4) is 0 Å². The van der Waals surface area contributed by atoms with Crippen LogP contribution >= 0.6 is 0 Å². The molecule has 90 valence electrons. The molecular weight excluding hydrogens is 208 g/mol. The number of likely N-dealkylation sites (N-methyl/N-ethyl adjacent to an activating group) is 1. The van der Waals surface area contributed by atoms with Gasteiger partial charge in [0.15, 0.2) is 0 Å². The average molecular weight is 228 g/mol. The van der Waals surface area contributed by atoms with Crippen molar-refractivity contribution in [3.63, 3.8) is 0 Å². The number of fused-ring (bicyclic) bond motifs is 1. The Labute approximate surface area is 103 Å². The number of likely N-dealkylation sites (tertiary alicyclic amines) is 1. The SMILES string of the molecule is Cc1cc2ccccc2n1C[C@@H]1CCCN1C. The summed E-state index contributed by atoms with van der Waals surface area (Å²) in [6.45, 7) is 4.60. The highest BCUT2D eigenvalue weighted by Crippen LogP contribution is 2.23. The molecule has 0 radical (unpaired) electrons. The van der Waals surface area contributed by atoms with E-state index in [9.17, 15) is 0 Å². The van der Waals surface area contributed by atoms with Crippen LogP contribution in [0.2, 0.25) is 0 Å². The molecule has 1 aromatic carbocycles. The summed E-state index contributed by atoms with van der Waals surface area (Å²) >= 11 is 0. The minimum atomic E-state index is 0.713. The van der Waals surface area contributed by atoms with E-state index in [0.29, 0.717) is 6.04 Å². The molecular formula is C15H20N2. The lowest BCUT2D eigenvalue weighted by Gasteiger charge is -2.21. The number of para-hydroxylation sites is 1. The van der Waals surface area contributed by atoms with Crippen LogP contribution < -0.4 is 0 Å². The van der Waals surface area contributed by atoms with Gasteiger partial charge in [0.2, 0.25) is 0 Å². The van der Waals surface area contributed by atoms with Crippen LogP contribution in [0.15, 0.2) is 30.3 Å². The van der Waals surface area contributed by atoms with Crippen LogP contribution in [-0.2, 0) is 6.54 Å². The summed E-state index contributed by atoms with van der Waals surface area (Å²) in [7, 11) is 2.25. The number of hydrogen-bond acceptors (Lipinski definition) is 1. The first kappa shape index (κ1) is 10.8. The number of rotatable bonds is 2. The normalized spacial score (nSPS) is 21.4. The van der Waals surface area contributed by atoms with Gasteiger partial charge in [-0.05, 0) is 50.9 Å². The van der Waals surface area contributed by atoms with E-state index in [1.807, 2.05) is 0 Å². The van der Waals surface area contributed by atoms with Gasteiger partial charge in [0.25, 0.3) is 0 Å². The zero-order valence-electron chi connectivity index (χ0n) is 10.7. The molecule has 0 bridgehead atoms. The minimum Gasteiger partial charge on any atom is -0.343 e. The molecule has 1 fully saturated rings. The predicted molar refractivity (Wildman–Crippen MR) is 72.3 cm³/mol. The van der Waals surface area contributed by atoms with Crippen LogP contribution in [0.5, 0.6) is 0 Å². The highest BCUT2D eigenvalue weighted by atomic mass is 15.2. The second-order valence-electron chi connectivity index (χ2n) is 5.23. The number of aryl methyl sites for hydroxylation is 1. The Morgan fingerprint density at radius 2 is 2.12 bits per heavy atom. The van der Waals surface area contributed by atoms with Gasteiger partial charge in [-0.2, -0.15) is 0 Å². The van der Waals surface area contributed by atoms with E-state index in [1.165, 1.54) is 36.0 Å². The molecule has 2 aromatic rings. The number of benzene rings is 1. The van der Waals surface area contributed by atoms with E-state index in [-0.39, 0.29) is 0 Å². The smallest absolute Gasteiger partial charge is 0.0482 e. The lowest BCUT2D eigenvalue weighted by atomic mass is 10.2. The molecule has 1 aliphatic rings. The summed E-state index contributed by atoms with van der Waals surface area (Å²) < 4.78 is 2.47. The fourth-order valence-electron chi connectivity index (χ4n) is 3.01. The Morgan fingerprint density at radius 3 is 2.88 bits per heavy atom. The minimum absolute atomic E-state index is 0.713. The molecule has 17 heavy (non-hydrogen) atoms. The standard InChI is InChI=1S/C15H20N2/c1-12-10-13-6-3-4-8-15(13)17(12)11-14-7-5-9-16(14)2/h3-4,6,8,10,14H,5,7,9,11H2,1-2H3/t14-/m0/s1. The zero-order chi connectivity index (χ0) is 11.8. The Kier molecular flexibility index (Phi) is 2.67. The van der Waals surface area contributed by atoms with Crippen LogP contribution in [-0.4, -0.2) is 29.1 Å². The quantitative estimate of drug-likeness (QED) is 0.767. The van der Waals surface area contributed by atoms with Gasteiger partial charge in [0.1, 0.15) is 0 Å². The second kappa shape index (κ2) is 4.19. The van der Waals surface area contributed by atoms with Crippen molar-refractivity contribution >= 4 is 10.9 Å². The lowest BCUT2D eigenvalue weighted by Crippen LogP contribution is -2.29. The summed E-state index contributed by atoms with van der Waals surface area (Å²) in [6, 6.07) is 11.7. The fraction of sp³-hybridized carbons (Fsp3) is 0.467. The van der Waals surface area contributed by atoms with Crippen LogP contribution in [0.25, 0.3) is 10.9 Å². The fourth-order valence-corrected chi connectivity index (χ4v) is 3.01. The Bertz CT molecular complexity index is 527. The lowest BCUT2D eigenvalue weighted by molar-refractivity contribution is 0.283. The van der Waals surface area contributed by atoms with Crippen molar-refractivity contribution in [2.45, 2.75) is 32.4 Å². The first-order chi connectivity index (χ1) is 8.25. The molecule has 1 saturated heterocycles. The van der Waals surface area contributed by atoms with Crippen molar-refractivity contribution in [2.24, 2.45) is 0 Å². The molecule has 0 aliphatic carbocycles. The maximum Gasteiger partial charge on any atom is 0.0482 e. The van der Waals surface area contributed by atoms with E-state index < -0.39 is 0 Å². The van der Waals surface area contributed by atoms with Crippen molar-refractivity contribution in [3.05, 3.63) is 36.0 Å². The van der Waals surface area contributed by atoms with Crippen molar-refractivity contribution in [1.29, 1.82) is 0 Å². The number of aromatic nitrogens is 1. The Balaban J connectivity index is 1.96. The van der Waals surface area contributed by atoms with Crippen LogP contribution in [0, 0.1) is 6.92 Å². The van der Waals surface area contributed by atoms with E-state index in [4.69, 9.17) is 0 Å². The molecule has 0 spiro atoms. The van der Waals surface area contributed by atoms with Gasteiger partial charge in [-0.3, -0.25) is 0 Å². The number of nitrogens with zero attached hydrogens (tertiary/aromatic N) is 2. The Hall–Kier alpha value is -1.28. The van der Waals surface area contributed by atoms with Gasteiger partial charge in [0, 0.05) is 23.8 Å². The maximum absolute atomic E-state index is 2.49. The summed E-state index contributed by atoms with van der Waals surface area (Å²) in [4.78, 5) is 2.49. The van der Waals surface area contributed by atoms with E-state index >= 15 is 0 Å². The van der Waals surface area contributed by atoms with Gasteiger partial charge in [-0.15, -0.1) is 0 Å². The highest BCUT2D eigenvalue weighted by molar-refractivity contribution is 5.81. The van der Waals surface area contributed by atoms with Gasteiger partial charge in [-0.1, -0.05) is 18.2 Å². The largest absolute Gasteiger partial charge is 0.343 e. The molecule has 3 rings (SSSR count). The van der Waals surface area contributed by atoms with Gasteiger partial charge < -0.3 is 9.47 Å². The van der Waals surface area contributed by atoms with Crippen molar-refractivity contribution in [2.75, 3.05) is 13.6 Å². The van der Waals surface area contributed by atoms with Gasteiger partial charge >= 0.3 is 0 Å². The third-order valence-electron chi connectivity index (χ3n) is 4.08. The molecule has 1 aliphatic heterocycles. The first-order valence-electron chi connectivity index (χ1n) is 6.51. The predicted octanol–water partition coefficient (Wildman–Crippen LogP) is 3.04. The summed E-state index contributed by atoms with van der Waals surface area (Å²) in [5, 5.41) is 1.37. The first-order valence-corrected chi connectivity index (χ1v) is 6.51. The second-order valence-corrected chi connectivity index (χ2v) is 5.23. The van der Waals surface area contributed by atoms with Gasteiger partial charge in [0.05, 0.1) is 0 Å². The molecule has 2 heterocycles. The van der Waals surface area contributed by atoms with E-state index in [0.717, 1.165) is 6.54 Å².